The summed E-state index contributed by atoms with van der Waals surface area (Å²) in [6, 6.07) is 0. The normalized spacial score (nSPS) is 15.9. The zero-order valence-electron chi connectivity index (χ0n) is 7.81. The van der Waals surface area contributed by atoms with Gasteiger partial charge in [0.1, 0.15) is 0 Å². The summed E-state index contributed by atoms with van der Waals surface area (Å²) in [6.45, 7) is 3.02. The van der Waals surface area contributed by atoms with Crippen molar-refractivity contribution in [3.05, 3.63) is 0 Å². The number of halogens is 4. The molecule has 0 fully saturated rings. The Kier molecular flexibility index (Phi) is 4.71. The summed E-state index contributed by atoms with van der Waals surface area (Å²) < 4.78 is 58.7. The Morgan fingerprint density at radius 1 is 1.21 bits per heavy atom. The third-order valence-electron chi connectivity index (χ3n) is 2.10. The van der Waals surface area contributed by atoms with Crippen LogP contribution in [0.25, 0.3) is 0 Å². The second-order valence-electron chi connectivity index (χ2n) is 3.01. The first-order chi connectivity index (χ1) is 6.14. The van der Waals surface area contributed by atoms with Crippen LogP contribution in [-0.4, -0.2) is 19.8 Å². The SMILES string of the molecule is CCC(CC)C(C(F)(F)F)S(=O)(=O)Cl. The van der Waals surface area contributed by atoms with Crippen molar-refractivity contribution in [1.82, 2.24) is 0 Å². The summed E-state index contributed by atoms with van der Waals surface area (Å²) in [6.07, 6.45) is -4.53. The van der Waals surface area contributed by atoms with Gasteiger partial charge in [0, 0.05) is 10.7 Å². The lowest BCUT2D eigenvalue weighted by molar-refractivity contribution is -0.140. The van der Waals surface area contributed by atoms with Crippen LogP contribution in [0.3, 0.4) is 0 Å². The summed E-state index contributed by atoms with van der Waals surface area (Å²) in [5.74, 6) is -0.975. The molecule has 1 unspecified atom stereocenters. The quantitative estimate of drug-likeness (QED) is 0.721. The maximum atomic E-state index is 12.4. The molecule has 0 bridgehead atoms. The standard InChI is InChI=1S/C7H12ClF3O2S/c1-3-5(4-2)6(7(9,10)11)14(8,12)13/h5-6H,3-4H2,1-2H3. The Labute approximate surface area is 85.9 Å². The minimum Gasteiger partial charge on any atom is -0.212 e. The van der Waals surface area contributed by atoms with Crippen molar-refractivity contribution in [2.45, 2.75) is 38.1 Å². The molecule has 2 nitrogen and oxygen atoms in total. The fourth-order valence-corrected chi connectivity index (χ4v) is 3.28. The van der Waals surface area contributed by atoms with Gasteiger partial charge in [0.25, 0.3) is 0 Å². The molecule has 14 heavy (non-hydrogen) atoms. The molecular formula is C7H12ClF3O2S. The minimum absolute atomic E-state index is 0.132. The molecule has 0 aromatic heterocycles. The van der Waals surface area contributed by atoms with E-state index in [0.717, 1.165) is 0 Å². The van der Waals surface area contributed by atoms with Gasteiger partial charge >= 0.3 is 6.18 Å². The average molecular weight is 253 g/mol. The maximum absolute atomic E-state index is 12.4. The van der Waals surface area contributed by atoms with E-state index in [1.165, 1.54) is 13.8 Å². The van der Waals surface area contributed by atoms with Crippen molar-refractivity contribution in [1.29, 1.82) is 0 Å². The first-order valence-electron chi connectivity index (χ1n) is 4.14. The fourth-order valence-electron chi connectivity index (χ4n) is 1.37. The molecule has 7 heteroatoms. The molecule has 0 N–H and O–H groups in total. The molecule has 86 valence electrons. The van der Waals surface area contributed by atoms with Crippen LogP contribution in [0.5, 0.6) is 0 Å². The van der Waals surface area contributed by atoms with Gasteiger partial charge in [-0.05, 0) is 5.92 Å². The highest BCUT2D eigenvalue weighted by atomic mass is 35.7. The van der Waals surface area contributed by atoms with Crippen LogP contribution in [0.1, 0.15) is 26.7 Å². The smallest absolute Gasteiger partial charge is 0.212 e. The highest BCUT2D eigenvalue weighted by Gasteiger charge is 2.51. The van der Waals surface area contributed by atoms with Crippen molar-refractivity contribution in [2.75, 3.05) is 0 Å². The van der Waals surface area contributed by atoms with Crippen LogP contribution in [0.15, 0.2) is 0 Å². The average Bonchev–Trinajstić information content (AvgIpc) is 1.94. The minimum atomic E-state index is -4.79. The van der Waals surface area contributed by atoms with Crippen molar-refractivity contribution in [2.24, 2.45) is 5.92 Å². The second kappa shape index (κ2) is 4.70. The molecule has 0 spiro atoms. The second-order valence-corrected chi connectivity index (χ2v) is 5.76. The highest BCUT2D eigenvalue weighted by Crippen LogP contribution is 2.36. The van der Waals surface area contributed by atoms with Crippen LogP contribution in [0.4, 0.5) is 13.2 Å². The molecule has 0 heterocycles. The van der Waals surface area contributed by atoms with Crippen molar-refractivity contribution >= 4 is 19.7 Å². The molecule has 0 aliphatic rings. The van der Waals surface area contributed by atoms with E-state index >= 15 is 0 Å². The summed E-state index contributed by atoms with van der Waals surface area (Å²) in [7, 11) is 0.190. The molecule has 0 aromatic rings. The molecule has 0 aromatic carbocycles. The highest BCUT2D eigenvalue weighted by molar-refractivity contribution is 8.14. The van der Waals surface area contributed by atoms with E-state index in [0.29, 0.717) is 0 Å². The maximum Gasteiger partial charge on any atom is 0.407 e. The Morgan fingerprint density at radius 2 is 1.57 bits per heavy atom. The Balaban J connectivity index is 5.12. The van der Waals surface area contributed by atoms with Gasteiger partial charge in [0.2, 0.25) is 9.05 Å². The lowest BCUT2D eigenvalue weighted by atomic mass is 9.99. The number of alkyl halides is 3. The van der Waals surface area contributed by atoms with E-state index in [1.54, 1.807) is 0 Å². The fraction of sp³-hybridized carbons (Fsp3) is 1.00. The van der Waals surface area contributed by atoms with E-state index in [9.17, 15) is 21.6 Å². The first-order valence-corrected chi connectivity index (χ1v) is 6.52. The van der Waals surface area contributed by atoms with Gasteiger partial charge in [-0.3, -0.25) is 0 Å². The van der Waals surface area contributed by atoms with Gasteiger partial charge < -0.3 is 0 Å². The molecule has 0 aliphatic heterocycles. The lowest BCUT2D eigenvalue weighted by Crippen LogP contribution is -2.40. The van der Waals surface area contributed by atoms with Crippen LogP contribution in [0.2, 0.25) is 0 Å². The summed E-state index contributed by atoms with van der Waals surface area (Å²) in [4.78, 5) is 0. The number of hydrogen-bond donors (Lipinski definition) is 0. The lowest BCUT2D eigenvalue weighted by Gasteiger charge is -2.24. The van der Waals surface area contributed by atoms with Gasteiger partial charge in [-0.25, -0.2) is 8.42 Å². The summed E-state index contributed by atoms with van der Waals surface area (Å²) in [5, 5.41) is -2.45. The zero-order chi connectivity index (χ0) is 11.6. The van der Waals surface area contributed by atoms with Crippen LogP contribution in [-0.2, 0) is 9.05 Å². The van der Waals surface area contributed by atoms with Crippen molar-refractivity contribution in [3.8, 4) is 0 Å². The third kappa shape index (κ3) is 3.65. The van der Waals surface area contributed by atoms with Crippen LogP contribution in [0, 0.1) is 5.92 Å². The predicted molar refractivity (Wildman–Crippen MR) is 48.7 cm³/mol. The van der Waals surface area contributed by atoms with E-state index in [-0.39, 0.29) is 12.8 Å². The van der Waals surface area contributed by atoms with Gasteiger partial charge in [0.15, 0.2) is 5.25 Å². The number of rotatable bonds is 4. The van der Waals surface area contributed by atoms with Gasteiger partial charge in [0.05, 0.1) is 0 Å². The Hall–Kier alpha value is 0.0300. The summed E-state index contributed by atoms with van der Waals surface area (Å²) in [5.41, 5.74) is 0. The monoisotopic (exact) mass is 252 g/mol. The van der Waals surface area contributed by atoms with E-state index < -0.39 is 26.4 Å². The molecule has 0 saturated carbocycles. The molecular weight excluding hydrogens is 241 g/mol. The molecule has 0 aliphatic carbocycles. The predicted octanol–water partition coefficient (Wildman–Crippen LogP) is 2.92. The van der Waals surface area contributed by atoms with Gasteiger partial charge in [-0.15, -0.1) is 0 Å². The first kappa shape index (κ1) is 14.0. The molecule has 0 rings (SSSR count). The topological polar surface area (TPSA) is 34.1 Å². The van der Waals surface area contributed by atoms with E-state index in [4.69, 9.17) is 10.7 Å². The Morgan fingerprint density at radius 3 is 1.64 bits per heavy atom. The summed E-state index contributed by atoms with van der Waals surface area (Å²) >= 11 is 0. The number of hydrogen-bond acceptors (Lipinski definition) is 2. The molecule has 0 saturated heterocycles. The third-order valence-corrected chi connectivity index (χ3v) is 3.94. The molecule has 0 amide bonds. The zero-order valence-corrected chi connectivity index (χ0v) is 9.38. The van der Waals surface area contributed by atoms with Crippen molar-refractivity contribution in [3.63, 3.8) is 0 Å². The molecule has 1 atom stereocenters. The Bertz CT molecular complexity index is 269. The van der Waals surface area contributed by atoms with Gasteiger partial charge in [-0.2, -0.15) is 13.2 Å². The molecule has 0 radical (unpaired) electrons. The largest absolute Gasteiger partial charge is 0.407 e. The van der Waals surface area contributed by atoms with Crippen LogP contribution >= 0.6 is 10.7 Å². The van der Waals surface area contributed by atoms with E-state index in [1.807, 2.05) is 0 Å². The van der Waals surface area contributed by atoms with Crippen molar-refractivity contribution < 1.29 is 21.6 Å². The van der Waals surface area contributed by atoms with E-state index in [2.05, 4.69) is 0 Å². The van der Waals surface area contributed by atoms with Gasteiger partial charge in [-0.1, -0.05) is 26.7 Å². The van der Waals surface area contributed by atoms with Crippen LogP contribution < -0.4 is 0 Å².